The van der Waals surface area contributed by atoms with Crippen LogP contribution in [0.25, 0.3) is 11.0 Å². The second kappa shape index (κ2) is 7.01. The van der Waals surface area contributed by atoms with Crippen LogP contribution in [0, 0.1) is 0 Å². The van der Waals surface area contributed by atoms with Gasteiger partial charge in [-0.1, -0.05) is 12.1 Å². The Kier molecular flexibility index (Phi) is 4.77. The molecule has 0 saturated carbocycles. The summed E-state index contributed by atoms with van der Waals surface area (Å²) >= 11 is 0. The SMILES string of the molecule is CNC(=O)Cc1ccc(NS(=O)(=O)c2ccc3oc(=O)ccc3c2)cc1. The molecule has 8 heteroatoms. The molecule has 3 rings (SSSR count). The summed E-state index contributed by atoms with van der Waals surface area (Å²) in [5.74, 6) is -0.124. The zero-order chi connectivity index (χ0) is 18.7. The number of anilines is 1. The predicted molar refractivity (Wildman–Crippen MR) is 97.5 cm³/mol. The monoisotopic (exact) mass is 372 g/mol. The molecule has 0 saturated heterocycles. The van der Waals surface area contributed by atoms with Gasteiger partial charge >= 0.3 is 5.63 Å². The molecule has 3 aromatic rings. The van der Waals surface area contributed by atoms with E-state index in [1.807, 2.05) is 0 Å². The predicted octanol–water partition coefficient (Wildman–Crippen LogP) is 1.88. The summed E-state index contributed by atoms with van der Waals surface area (Å²) in [6.45, 7) is 0. The number of amides is 1. The summed E-state index contributed by atoms with van der Waals surface area (Å²) < 4.78 is 32.6. The molecule has 0 aliphatic rings. The lowest BCUT2D eigenvalue weighted by atomic mass is 10.1. The van der Waals surface area contributed by atoms with Crippen molar-refractivity contribution in [2.24, 2.45) is 0 Å². The second-order valence-corrected chi connectivity index (χ2v) is 7.29. The third-order valence-corrected chi connectivity index (χ3v) is 5.13. The molecule has 0 bridgehead atoms. The lowest BCUT2D eigenvalue weighted by molar-refractivity contribution is -0.119. The molecule has 0 fully saturated rings. The van der Waals surface area contributed by atoms with Crippen LogP contribution < -0.4 is 15.7 Å². The summed E-state index contributed by atoms with van der Waals surface area (Å²) in [4.78, 5) is 22.6. The van der Waals surface area contributed by atoms with Crippen LogP contribution in [0.3, 0.4) is 0 Å². The van der Waals surface area contributed by atoms with Gasteiger partial charge in [0.1, 0.15) is 5.58 Å². The van der Waals surface area contributed by atoms with Gasteiger partial charge in [-0.05, 0) is 42.0 Å². The lowest BCUT2D eigenvalue weighted by Gasteiger charge is -2.09. The minimum absolute atomic E-state index is 0.0493. The van der Waals surface area contributed by atoms with Crippen molar-refractivity contribution in [2.45, 2.75) is 11.3 Å². The Morgan fingerprint density at radius 3 is 2.46 bits per heavy atom. The van der Waals surface area contributed by atoms with Crippen molar-refractivity contribution in [1.82, 2.24) is 5.32 Å². The number of likely N-dealkylation sites (N-methyl/N-ethyl adjacent to an activating group) is 1. The fraction of sp³-hybridized carbons (Fsp3) is 0.111. The first-order valence-electron chi connectivity index (χ1n) is 7.74. The number of rotatable bonds is 5. The number of fused-ring (bicyclic) bond motifs is 1. The van der Waals surface area contributed by atoms with Crippen LogP contribution in [0.1, 0.15) is 5.56 Å². The van der Waals surface area contributed by atoms with Crippen molar-refractivity contribution in [3.8, 4) is 0 Å². The Labute approximate surface area is 149 Å². The molecule has 0 aliphatic carbocycles. The second-order valence-electron chi connectivity index (χ2n) is 5.61. The topological polar surface area (TPSA) is 105 Å². The van der Waals surface area contributed by atoms with Crippen molar-refractivity contribution in [3.05, 3.63) is 70.6 Å². The highest BCUT2D eigenvalue weighted by Crippen LogP contribution is 2.21. The van der Waals surface area contributed by atoms with E-state index in [1.54, 1.807) is 31.3 Å². The summed E-state index contributed by atoms with van der Waals surface area (Å²) in [6, 6.07) is 13.5. The Bertz CT molecular complexity index is 1120. The number of nitrogens with one attached hydrogen (secondary N) is 2. The van der Waals surface area contributed by atoms with Crippen LogP contribution in [0.4, 0.5) is 5.69 Å². The zero-order valence-corrected chi connectivity index (χ0v) is 14.7. The average Bonchev–Trinajstić information content (AvgIpc) is 2.62. The highest BCUT2D eigenvalue weighted by molar-refractivity contribution is 7.92. The van der Waals surface area contributed by atoms with Crippen LogP contribution in [-0.4, -0.2) is 21.4 Å². The molecule has 0 atom stereocenters. The van der Waals surface area contributed by atoms with Crippen molar-refractivity contribution < 1.29 is 17.6 Å². The van der Waals surface area contributed by atoms with Gasteiger partial charge in [0.25, 0.3) is 10.0 Å². The molecule has 1 aromatic heterocycles. The van der Waals surface area contributed by atoms with E-state index in [0.717, 1.165) is 5.56 Å². The molecular formula is C18H16N2O5S. The minimum atomic E-state index is -3.80. The maximum Gasteiger partial charge on any atom is 0.336 e. The van der Waals surface area contributed by atoms with E-state index in [0.29, 0.717) is 16.7 Å². The van der Waals surface area contributed by atoms with Crippen molar-refractivity contribution >= 4 is 32.6 Å². The van der Waals surface area contributed by atoms with E-state index in [1.165, 1.54) is 30.3 Å². The first kappa shape index (κ1) is 17.7. The molecule has 1 heterocycles. The number of sulfonamides is 1. The minimum Gasteiger partial charge on any atom is -0.423 e. The van der Waals surface area contributed by atoms with Gasteiger partial charge in [-0.15, -0.1) is 0 Å². The first-order valence-corrected chi connectivity index (χ1v) is 9.22. The van der Waals surface area contributed by atoms with E-state index < -0.39 is 15.6 Å². The van der Waals surface area contributed by atoms with E-state index in [2.05, 4.69) is 10.0 Å². The molecule has 2 N–H and O–H groups in total. The first-order chi connectivity index (χ1) is 12.4. The molecule has 134 valence electrons. The zero-order valence-electron chi connectivity index (χ0n) is 13.9. The van der Waals surface area contributed by atoms with Gasteiger partial charge in [0, 0.05) is 24.2 Å². The Hall–Kier alpha value is -3.13. The number of hydrogen-bond acceptors (Lipinski definition) is 5. The quantitative estimate of drug-likeness (QED) is 0.665. The van der Waals surface area contributed by atoms with E-state index in [-0.39, 0.29) is 17.2 Å². The maximum atomic E-state index is 12.6. The van der Waals surface area contributed by atoms with Gasteiger partial charge in [0.2, 0.25) is 5.91 Å². The number of benzene rings is 2. The molecule has 7 nitrogen and oxygen atoms in total. The van der Waals surface area contributed by atoms with Crippen LogP contribution in [0.5, 0.6) is 0 Å². The molecule has 26 heavy (non-hydrogen) atoms. The third-order valence-electron chi connectivity index (χ3n) is 3.75. The number of carbonyl (C=O) groups excluding carboxylic acids is 1. The van der Waals surface area contributed by atoms with Crippen molar-refractivity contribution in [2.75, 3.05) is 11.8 Å². The summed E-state index contributed by atoms with van der Waals surface area (Å²) in [7, 11) is -2.25. The molecule has 1 amide bonds. The van der Waals surface area contributed by atoms with E-state index in [4.69, 9.17) is 4.42 Å². The molecule has 0 radical (unpaired) electrons. The molecule has 0 spiro atoms. The summed E-state index contributed by atoms with van der Waals surface area (Å²) in [5.41, 5.74) is 0.969. The smallest absolute Gasteiger partial charge is 0.336 e. The van der Waals surface area contributed by atoms with Gasteiger partial charge < -0.3 is 9.73 Å². The fourth-order valence-corrected chi connectivity index (χ4v) is 3.49. The van der Waals surface area contributed by atoms with E-state index >= 15 is 0 Å². The summed E-state index contributed by atoms with van der Waals surface area (Å²) in [5, 5.41) is 3.04. The van der Waals surface area contributed by atoms with Crippen LogP contribution in [0.15, 0.2) is 68.7 Å². The van der Waals surface area contributed by atoms with Gasteiger partial charge in [-0.25, -0.2) is 13.2 Å². The van der Waals surface area contributed by atoms with Crippen LogP contribution in [-0.2, 0) is 21.2 Å². The van der Waals surface area contributed by atoms with Gasteiger partial charge in [-0.2, -0.15) is 0 Å². The van der Waals surface area contributed by atoms with Gasteiger partial charge in [-0.3, -0.25) is 9.52 Å². The average molecular weight is 372 g/mol. The standard InChI is InChI=1S/C18H16N2O5S/c1-19-17(21)10-12-2-5-14(6-3-12)20-26(23,24)15-7-8-16-13(11-15)4-9-18(22)25-16/h2-9,11,20H,10H2,1H3,(H,19,21). The molecule has 2 aromatic carbocycles. The maximum absolute atomic E-state index is 12.6. The summed E-state index contributed by atoms with van der Waals surface area (Å²) in [6.07, 6.45) is 0.222. The normalized spacial score (nSPS) is 11.3. The lowest BCUT2D eigenvalue weighted by Crippen LogP contribution is -2.19. The van der Waals surface area contributed by atoms with Crippen molar-refractivity contribution in [1.29, 1.82) is 0 Å². The number of hydrogen-bond donors (Lipinski definition) is 2. The fourth-order valence-electron chi connectivity index (χ4n) is 2.40. The molecular weight excluding hydrogens is 356 g/mol. The Morgan fingerprint density at radius 2 is 1.77 bits per heavy atom. The van der Waals surface area contributed by atoms with Gasteiger partial charge in [0.15, 0.2) is 0 Å². The number of carbonyl (C=O) groups is 1. The Balaban J connectivity index is 1.83. The van der Waals surface area contributed by atoms with Crippen LogP contribution in [0.2, 0.25) is 0 Å². The highest BCUT2D eigenvalue weighted by Gasteiger charge is 2.15. The Morgan fingerprint density at radius 1 is 1.04 bits per heavy atom. The molecule has 0 aliphatic heterocycles. The molecule has 0 unspecified atom stereocenters. The van der Waals surface area contributed by atoms with Crippen LogP contribution >= 0.6 is 0 Å². The highest BCUT2D eigenvalue weighted by atomic mass is 32.2. The van der Waals surface area contributed by atoms with Gasteiger partial charge in [0.05, 0.1) is 11.3 Å². The largest absolute Gasteiger partial charge is 0.423 e. The van der Waals surface area contributed by atoms with E-state index in [9.17, 15) is 18.0 Å². The third kappa shape index (κ3) is 3.92. The van der Waals surface area contributed by atoms with Crippen molar-refractivity contribution in [3.63, 3.8) is 0 Å².